The standard InChI is InChI=1S/C17H19N3O4/c1-12(2)24-17(23)14-5-6-15(21)20(11-14)9-8-19-16(22)13-4-3-7-18-10-13/h3-7,10-12H,8-9H2,1-2H3,(H,19,22). The molecule has 0 aliphatic rings. The third-order valence-electron chi connectivity index (χ3n) is 3.12. The summed E-state index contributed by atoms with van der Waals surface area (Å²) in [4.78, 5) is 39.5. The predicted octanol–water partition coefficient (Wildman–Crippen LogP) is 1.24. The molecule has 7 nitrogen and oxygen atoms in total. The zero-order chi connectivity index (χ0) is 17.5. The highest BCUT2D eigenvalue weighted by Crippen LogP contribution is 2.02. The molecule has 126 valence electrons. The van der Waals surface area contributed by atoms with E-state index in [-0.39, 0.29) is 30.7 Å². The summed E-state index contributed by atoms with van der Waals surface area (Å²) in [5.74, 6) is -0.760. The van der Waals surface area contributed by atoms with Gasteiger partial charge in [0.15, 0.2) is 0 Å². The number of esters is 1. The van der Waals surface area contributed by atoms with E-state index in [1.54, 1.807) is 32.2 Å². The van der Waals surface area contributed by atoms with Crippen LogP contribution in [0.2, 0.25) is 0 Å². The van der Waals surface area contributed by atoms with Crippen LogP contribution >= 0.6 is 0 Å². The number of aromatic nitrogens is 2. The van der Waals surface area contributed by atoms with Crippen LogP contribution in [-0.2, 0) is 11.3 Å². The van der Waals surface area contributed by atoms with Crippen LogP contribution in [0.5, 0.6) is 0 Å². The molecule has 0 saturated carbocycles. The fraction of sp³-hybridized carbons (Fsp3) is 0.294. The summed E-state index contributed by atoms with van der Waals surface area (Å²) in [6, 6.07) is 6.05. The molecular formula is C17H19N3O4. The lowest BCUT2D eigenvalue weighted by Gasteiger charge is -2.11. The zero-order valence-electron chi connectivity index (χ0n) is 13.6. The number of rotatable bonds is 6. The Labute approximate surface area is 139 Å². The maximum absolute atomic E-state index is 11.9. The number of carbonyl (C=O) groups excluding carboxylic acids is 2. The molecule has 0 atom stereocenters. The van der Waals surface area contributed by atoms with Crippen molar-refractivity contribution in [3.63, 3.8) is 0 Å². The van der Waals surface area contributed by atoms with Gasteiger partial charge in [0.2, 0.25) is 0 Å². The van der Waals surface area contributed by atoms with Gasteiger partial charge in [-0.15, -0.1) is 0 Å². The van der Waals surface area contributed by atoms with Crippen LogP contribution in [-0.4, -0.2) is 34.1 Å². The highest BCUT2D eigenvalue weighted by molar-refractivity contribution is 5.93. The molecule has 24 heavy (non-hydrogen) atoms. The number of pyridine rings is 2. The van der Waals surface area contributed by atoms with Gasteiger partial charge in [0.25, 0.3) is 11.5 Å². The largest absolute Gasteiger partial charge is 0.459 e. The quantitative estimate of drug-likeness (QED) is 0.805. The zero-order valence-corrected chi connectivity index (χ0v) is 13.6. The Kier molecular flexibility index (Phi) is 5.83. The van der Waals surface area contributed by atoms with Crippen LogP contribution in [0.1, 0.15) is 34.6 Å². The first-order valence-corrected chi connectivity index (χ1v) is 7.57. The van der Waals surface area contributed by atoms with Gasteiger partial charge in [-0.2, -0.15) is 0 Å². The Bertz CT molecular complexity index is 769. The number of carbonyl (C=O) groups is 2. The van der Waals surface area contributed by atoms with Crippen molar-refractivity contribution in [2.45, 2.75) is 26.5 Å². The van der Waals surface area contributed by atoms with E-state index in [9.17, 15) is 14.4 Å². The SMILES string of the molecule is CC(C)OC(=O)c1ccc(=O)n(CCNC(=O)c2cccnc2)c1. The van der Waals surface area contributed by atoms with Crippen LogP contribution in [0.4, 0.5) is 0 Å². The minimum absolute atomic E-state index is 0.239. The molecular weight excluding hydrogens is 310 g/mol. The molecule has 0 bridgehead atoms. The average Bonchev–Trinajstić information content (AvgIpc) is 2.56. The molecule has 0 aliphatic heterocycles. The summed E-state index contributed by atoms with van der Waals surface area (Å²) in [7, 11) is 0. The number of nitrogens with one attached hydrogen (secondary N) is 1. The molecule has 0 spiro atoms. The van der Waals surface area contributed by atoms with Gasteiger partial charge in [-0.05, 0) is 32.0 Å². The molecule has 0 aromatic carbocycles. The highest BCUT2D eigenvalue weighted by Gasteiger charge is 2.11. The summed E-state index contributed by atoms with van der Waals surface area (Å²) in [5.41, 5.74) is 0.479. The molecule has 1 N–H and O–H groups in total. The molecule has 0 radical (unpaired) electrons. The van der Waals surface area contributed by atoms with Crippen LogP contribution in [0.15, 0.2) is 47.7 Å². The Morgan fingerprint density at radius 1 is 1.25 bits per heavy atom. The maximum atomic E-state index is 11.9. The van der Waals surface area contributed by atoms with Gasteiger partial charge in [0, 0.05) is 37.7 Å². The fourth-order valence-electron chi connectivity index (χ4n) is 2.00. The van der Waals surface area contributed by atoms with Gasteiger partial charge in [-0.25, -0.2) is 4.79 Å². The Morgan fingerprint density at radius 3 is 2.71 bits per heavy atom. The lowest BCUT2D eigenvalue weighted by molar-refractivity contribution is 0.0376. The molecule has 2 aromatic heterocycles. The van der Waals surface area contributed by atoms with Crippen LogP contribution in [0, 0.1) is 0 Å². The summed E-state index contributed by atoms with van der Waals surface area (Å²) >= 11 is 0. The second-order valence-electron chi connectivity index (χ2n) is 5.40. The molecule has 7 heteroatoms. The number of hydrogen-bond acceptors (Lipinski definition) is 5. The van der Waals surface area contributed by atoms with Crippen LogP contribution < -0.4 is 10.9 Å². The van der Waals surface area contributed by atoms with E-state index < -0.39 is 5.97 Å². The Morgan fingerprint density at radius 2 is 2.04 bits per heavy atom. The van der Waals surface area contributed by atoms with Gasteiger partial charge >= 0.3 is 5.97 Å². The normalized spacial score (nSPS) is 10.5. The summed E-state index contributed by atoms with van der Waals surface area (Å²) in [5, 5.41) is 2.70. The van der Waals surface area contributed by atoms with Crippen LogP contribution in [0.25, 0.3) is 0 Å². The fourth-order valence-corrected chi connectivity index (χ4v) is 2.00. The summed E-state index contributed by atoms with van der Waals surface area (Å²) in [6.07, 6.45) is 4.24. The minimum atomic E-state index is -0.488. The van der Waals surface area contributed by atoms with Gasteiger partial charge in [0.05, 0.1) is 17.2 Å². The summed E-state index contributed by atoms with van der Waals surface area (Å²) < 4.78 is 6.46. The Hall–Kier alpha value is -2.96. The minimum Gasteiger partial charge on any atom is -0.459 e. The lowest BCUT2D eigenvalue weighted by atomic mass is 10.2. The number of hydrogen-bond donors (Lipinski definition) is 1. The van der Waals surface area contributed by atoms with Gasteiger partial charge in [-0.1, -0.05) is 0 Å². The topological polar surface area (TPSA) is 90.3 Å². The monoisotopic (exact) mass is 329 g/mol. The number of amides is 1. The van der Waals surface area contributed by atoms with E-state index in [2.05, 4.69) is 10.3 Å². The van der Waals surface area contributed by atoms with E-state index in [1.165, 1.54) is 29.1 Å². The van der Waals surface area contributed by atoms with E-state index in [0.29, 0.717) is 11.1 Å². The second-order valence-corrected chi connectivity index (χ2v) is 5.40. The van der Waals surface area contributed by atoms with Crippen molar-refractivity contribution in [1.29, 1.82) is 0 Å². The maximum Gasteiger partial charge on any atom is 0.339 e. The van der Waals surface area contributed by atoms with E-state index in [0.717, 1.165) is 0 Å². The molecule has 0 saturated heterocycles. The first-order chi connectivity index (χ1) is 11.5. The number of ether oxygens (including phenoxy) is 1. The third-order valence-corrected chi connectivity index (χ3v) is 3.12. The van der Waals surface area contributed by atoms with Crippen molar-refractivity contribution < 1.29 is 14.3 Å². The molecule has 0 fully saturated rings. The van der Waals surface area contributed by atoms with Crippen molar-refractivity contribution in [2.24, 2.45) is 0 Å². The van der Waals surface area contributed by atoms with Crippen molar-refractivity contribution in [3.8, 4) is 0 Å². The predicted molar refractivity (Wildman–Crippen MR) is 87.8 cm³/mol. The lowest BCUT2D eigenvalue weighted by Crippen LogP contribution is -2.31. The van der Waals surface area contributed by atoms with Crippen LogP contribution in [0.3, 0.4) is 0 Å². The van der Waals surface area contributed by atoms with E-state index in [1.807, 2.05) is 0 Å². The van der Waals surface area contributed by atoms with Gasteiger partial charge < -0.3 is 14.6 Å². The second kappa shape index (κ2) is 8.05. The van der Waals surface area contributed by atoms with Gasteiger partial charge in [0.1, 0.15) is 0 Å². The van der Waals surface area contributed by atoms with Crippen molar-refractivity contribution in [2.75, 3.05) is 6.54 Å². The molecule has 2 aromatic rings. The smallest absolute Gasteiger partial charge is 0.339 e. The van der Waals surface area contributed by atoms with Crippen molar-refractivity contribution in [3.05, 3.63) is 64.3 Å². The molecule has 1 amide bonds. The molecule has 0 unspecified atom stereocenters. The first kappa shape index (κ1) is 17.4. The Balaban J connectivity index is 1.98. The summed E-state index contributed by atoms with van der Waals surface area (Å²) in [6.45, 7) is 3.99. The first-order valence-electron chi connectivity index (χ1n) is 7.57. The third kappa shape index (κ3) is 4.77. The highest BCUT2D eigenvalue weighted by atomic mass is 16.5. The molecule has 2 rings (SSSR count). The molecule has 0 aliphatic carbocycles. The van der Waals surface area contributed by atoms with E-state index >= 15 is 0 Å². The van der Waals surface area contributed by atoms with Crippen molar-refractivity contribution in [1.82, 2.24) is 14.9 Å². The van der Waals surface area contributed by atoms with Gasteiger partial charge in [-0.3, -0.25) is 14.6 Å². The van der Waals surface area contributed by atoms with Crippen molar-refractivity contribution >= 4 is 11.9 Å². The number of nitrogens with zero attached hydrogens (tertiary/aromatic N) is 2. The van der Waals surface area contributed by atoms with E-state index in [4.69, 9.17) is 4.74 Å². The average molecular weight is 329 g/mol. The molecule has 2 heterocycles.